The van der Waals surface area contributed by atoms with Gasteiger partial charge >= 0.3 is 0 Å². The van der Waals surface area contributed by atoms with Crippen molar-refractivity contribution >= 4 is 15.9 Å². The largest absolute Gasteiger partial charge is 0.457 e. The molecule has 0 fully saturated rings. The van der Waals surface area contributed by atoms with Crippen LogP contribution in [0, 0.1) is 0 Å². The Kier molecular flexibility index (Phi) is 4.37. The number of ether oxygens (including phenoxy) is 1. The second kappa shape index (κ2) is 6.59. The fourth-order valence-electron chi connectivity index (χ4n) is 2.15. The van der Waals surface area contributed by atoms with E-state index in [1.165, 1.54) is 11.1 Å². The van der Waals surface area contributed by atoms with Crippen molar-refractivity contribution in [2.45, 2.75) is 6.42 Å². The van der Waals surface area contributed by atoms with Gasteiger partial charge in [0.25, 0.3) is 0 Å². The normalized spacial score (nSPS) is 10.3. The second-order valence-corrected chi connectivity index (χ2v) is 5.78. The predicted octanol–water partition coefficient (Wildman–Crippen LogP) is 5.83. The highest BCUT2D eigenvalue weighted by Gasteiger charge is 1.99. The summed E-state index contributed by atoms with van der Waals surface area (Å²) in [5, 5.41) is 0. The van der Waals surface area contributed by atoms with E-state index in [1.807, 2.05) is 42.5 Å². The molecule has 0 radical (unpaired) electrons. The van der Waals surface area contributed by atoms with E-state index in [0.717, 1.165) is 22.4 Å². The number of benzene rings is 3. The summed E-state index contributed by atoms with van der Waals surface area (Å²) in [5.41, 5.74) is 2.60. The van der Waals surface area contributed by atoms with Crippen LogP contribution in [0.1, 0.15) is 11.1 Å². The Morgan fingerprint density at radius 2 is 1.14 bits per heavy atom. The molecule has 1 nitrogen and oxygen atoms in total. The molecule has 0 atom stereocenters. The molecule has 0 bridgehead atoms. The molecule has 3 rings (SSSR count). The van der Waals surface area contributed by atoms with E-state index in [4.69, 9.17) is 4.74 Å². The van der Waals surface area contributed by atoms with Crippen LogP contribution < -0.4 is 4.74 Å². The van der Waals surface area contributed by atoms with Crippen LogP contribution in [0.15, 0.2) is 83.3 Å². The minimum absolute atomic E-state index is 0.842. The van der Waals surface area contributed by atoms with Gasteiger partial charge in [-0.3, -0.25) is 0 Å². The van der Waals surface area contributed by atoms with Crippen molar-refractivity contribution < 1.29 is 4.74 Å². The van der Waals surface area contributed by atoms with Crippen LogP contribution in [-0.4, -0.2) is 0 Å². The van der Waals surface area contributed by atoms with Gasteiger partial charge in [-0.1, -0.05) is 58.4 Å². The van der Waals surface area contributed by atoms with E-state index >= 15 is 0 Å². The summed E-state index contributed by atoms with van der Waals surface area (Å²) in [5.74, 6) is 1.70. The minimum atomic E-state index is 0.842. The Morgan fingerprint density at radius 1 is 0.619 bits per heavy atom. The molecule has 3 aromatic rings. The Morgan fingerprint density at radius 3 is 1.76 bits per heavy atom. The van der Waals surface area contributed by atoms with E-state index < -0.39 is 0 Å². The van der Waals surface area contributed by atoms with Crippen molar-refractivity contribution in [2.24, 2.45) is 0 Å². The standard InChI is InChI=1S/C19H15BrO/c20-17-8-12-19(13-9-17)21-18-10-6-16(7-11-18)14-15-4-2-1-3-5-15/h1-13H,14H2. The first kappa shape index (κ1) is 13.9. The fraction of sp³-hybridized carbons (Fsp3) is 0.0526. The molecule has 0 N–H and O–H groups in total. The van der Waals surface area contributed by atoms with Gasteiger partial charge in [0, 0.05) is 4.47 Å². The average Bonchev–Trinajstić information content (AvgIpc) is 2.53. The van der Waals surface area contributed by atoms with Crippen LogP contribution in [0.3, 0.4) is 0 Å². The molecule has 0 unspecified atom stereocenters. The Bertz CT molecular complexity index is 688. The van der Waals surface area contributed by atoms with Crippen molar-refractivity contribution in [3.05, 3.63) is 94.5 Å². The third-order valence-electron chi connectivity index (χ3n) is 3.22. The quantitative estimate of drug-likeness (QED) is 0.581. The summed E-state index contributed by atoms with van der Waals surface area (Å²) in [6.45, 7) is 0. The Labute approximate surface area is 133 Å². The van der Waals surface area contributed by atoms with Crippen LogP contribution >= 0.6 is 15.9 Å². The maximum atomic E-state index is 5.82. The Balaban J connectivity index is 1.68. The molecule has 0 aliphatic heterocycles. The zero-order valence-electron chi connectivity index (χ0n) is 11.5. The van der Waals surface area contributed by atoms with Crippen LogP contribution in [0.4, 0.5) is 0 Å². The zero-order chi connectivity index (χ0) is 14.5. The fourth-order valence-corrected chi connectivity index (χ4v) is 2.41. The second-order valence-electron chi connectivity index (χ2n) is 4.86. The monoisotopic (exact) mass is 338 g/mol. The lowest BCUT2D eigenvalue weighted by atomic mass is 10.1. The summed E-state index contributed by atoms with van der Waals surface area (Å²) in [6.07, 6.45) is 0.944. The molecule has 0 saturated carbocycles. The van der Waals surface area contributed by atoms with Gasteiger partial charge < -0.3 is 4.74 Å². The van der Waals surface area contributed by atoms with Gasteiger partial charge in [-0.25, -0.2) is 0 Å². The van der Waals surface area contributed by atoms with Gasteiger partial charge in [-0.15, -0.1) is 0 Å². The van der Waals surface area contributed by atoms with Crippen molar-refractivity contribution in [3.63, 3.8) is 0 Å². The van der Waals surface area contributed by atoms with Crippen molar-refractivity contribution in [1.82, 2.24) is 0 Å². The van der Waals surface area contributed by atoms with E-state index in [9.17, 15) is 0 Å². The molecule has 2 heteroatoms. The van der Waals surface area contributed by atoms with Crippen LogP contribution in [0.2, 0.25) is 0 Å². The van der Waals surface area contributed by atoms with Crippen LogP contribution in [-0.2, 0) is 6.42 Å². The molecule has 3 aromatic carbocycles. The number of hydrogen-bond donors (Lipinski definition) is 0. The lowest BCUT2D eigenvalue weighted by Gasteiger charge is -2.07. The summed E-state index contributed by atoms with van der Waals surface area (Å²) in [4.78, 5) is 0. The summed E-state index contributed by atoms with van der Waals surface area (Å²) >= 11 is 3.42. The zero-order valence-corrected chi connectivity index (χ0v) is 13.1. The van der Waals surface area contributed by atoms with Crippen molar-refractivity contribution in [3.8, 4) is 11.5 Å². The highest BCUT2D eigenvalue weighted by Crippen LogP contribution is 2.24. The number of halogens is 1. The highest BCUT2D eigenvalue weighted by atomic mass is 79.9. The first-order valence-corrected chi connectivity index (χ1v) is 7.65. The maximum Gasteiger partial charge on any atom is 0.127 e. The SMILES string of the molecule is Brc1ccc(Oc2ccc(Cc3ccccc3)cc2)cc1. The van der Waals surface area contributed by atoms with Crippen molar-refractivity contribution in [1.29, 1.82) is 0 Å². The van der Waals surface area contributed by atoms with Gasteiger partial charge in [0.05, 0.1) is 0 Å². The lowest BCUT2D eigenvalue weighted by molar-refractivity contribution is 0.482. The highest BCUT2D eigenvalue weighted by molar-refractivity contribution is 9.10. The molecule has 104 valence electrons. The van der Waals surface area contributed by atoms with Crippen LogP contribution in [0.25, 0.3) is 0 Å². The third-order valence-corrected chi connectivity index (χ3v) is 3.75. The summed E-state index contributed by atoms with van der Waals surface area (Å²) in [7, 11) is 0. The van der Waals surface area contributed by atoms with Crippen LogP contribution in [0.5, 0.6) is 11.5 Å². The first-order valence-electron chi connectivity index (χ1n) is 6.86. The molecule has 21 heavy (non-hydrogen) atoms. The van der Waals surface area contributed by atoms with Gasteiger partial charge in [-0.2, -0.15) is 0 Å². The molecule has 0 heterocycles. The third kappa shape index (κ3) is 3.96. The van der Waals surface area contributed by atoms with Crippen molar-refractivity contribution in [2.75, 3.05) is 0 Å². The molecule has 0 saturated heterocycles. The molecule has 0 aliphatic rings. The maximum absolute atomic E-state index is 5.82. The van der Waals surface area contributed by atoms with E-state index in [2.05, 4.69) is 52.3 Å². The summed E-state index contributed by atoms with van der Waals surface area (Å²) < 4.78 is 6.87. The topological polar surface area (TPSA) is 9.23 Å². The smallest absolute Gasteiger partial charge is 0.127 e. The van der Waals surface area contributed by atoms with Gasteiger partial charge in [0.2, 0.25) is 0 Å². The van der Waals surface area contributed by atoms with E-state index in [1.54, 1.807) is 0 Å². The Hall–Kier alpha value is -2.06. The lowest BCUT2D eigenvalue weighted by Crippen LogP contribution is -1.88. The minimum Gasteiger partial charge on any atom is -0.457 e. The summed E-state index contributed by atoms with van der Waals surface area (Å²) in [6, 6.07) is 26.6. The van der Waals surface area contributed by atoms with Gasteiger partial charge in [-0.05, 0) is 53.9 Å². The van der Waals surface area contributed by atoms with E-state index in [-0.39, 0.29) is 0 Å². The number of rotatable bonds is 4. The molecule has 0 aromatic heterocycles. The molecular weight excluding hydrogens is 324 g/mol. The molecule has 0 amide bonds. The average molecular weight is 339 g/mol. The van der Waals surface area contributed by atoms with Gasteiger partial charge in [0.1, 0.15) is 11.5 Å². The number of hydrogen-bond acceptors (Lipinski definition) is 1. The van der Waals surface area contributed by atoms with E-state index in [0.29, 0.717) is 0 Å². The van der Waals surface area contributed by atoms with Gasteiger partial charge in [0.15, 0.2) is 0 Å². The molecule has 0 aliphatic carbocycles. The predicted molar refractivity (Wildman–Crippen MR) is 89.9 cm³/mol. The first-order chi connectivity index (χ1) is 10.3. The molecular formula is C19H15BrO. The molecule has 0 spiro atoms.